The molecule has 0 radical (unpaired) electrons. The van der Waals surface area contributed by atoms with Gasteiger partial charge in [-0.3, -0.25) is 4.79 Å². The predicted octanol–water partition coefficient (Wildman–Crippen LogP) is 2.64. The Hall–Kier alpha value is -2.69. The number of aryl methyl sites for hydroxylation is 1. The normalized spacial score (nSPS) is 13.1. The van der Waals surface area contributed by atoms with Gasteiger partial charge in [-0.05, 0) is 48.4 Å². The van der Waals surface area contributed by atoms with Gasteiger partial charge in [0.15, 0.2) is 6.61 Å². The highest BCUT2D eigenvalue weighted by molar-refractivity contribution is 5.95. The van der Waals surface area contributed by atoms with Crippen molar-refractivity contribution in [1.29, 1.82) is 0 Å². The maximum Gasteiger partial charge on any atom is 0.262 e. The highest BCUT2D eigenvalue weighted by atomic mass is 16.5. The molecule has 0 spiro atoms. The maximum absolute atomic E-state index is 11.3. The van der Waals surface area contributed by atoms with Crippen molar-refractivity contribution in [2.24, 2.45) is 0 Å². The lowest BCUT2D eigenvalue weighted by molar-refractivity contribution is -0.118. The molecule has 1 aliphatic heterocycles. The Morgan fingerprint density at radius 1 is 1.29 bits per heavy atom. The van der Waals surface area contributed by atoms with Crippen molar-refractivity contribution < 1.29 is 14.6 Å². The molecule has 108 valence electrons. The summed E-state index contributed by atoms with van der Waals surface area (Å²) < 4.78 is 5.33. The average Bonchev–Trinajstić information content (AvgIpc) is 2.46. The molecule has 0 bridgehead atoms. The highest BCUT2D eigenvalue weighted by Gasteiger charge is 2.15. The zero-order valence-electron chi connectivity index (χ0n) is 11.6. The molecule has 0 fully saturated rings. The topological polar surface area (TPSA) is 70.6 Å². The van der Waals surface area contributed by atoms with E-state index >= 15 is 0 Å². The Morgan fingerprint density at radius 3 is 2.95 bits per heavy atom. The molecule has 1 heterocycles. The zero-order chi connectivity index (χ0) is 14.8. The number of carbonyl (C=O) groups is 1. The van der Waals surface area contributed by atoms with E-state index in [9.17, 15) is 9.90 Å². The van der Waals surface area contributed by atoms with Gasteiger partial charge in [0, 0.05) is 12.2 Å². The van der Waals surface area contributed by atoms with Crippen LogP contribution in [0, 0.1) is 6.92 Å². The lowest BCUT2D eigenvalue weighted by Gasteiger charge is -2.19. The van der Waals surface area contributed by atoms with Gasteiger partial charge in [-0.1, -0.05) is 6.07 Å². The molecule has 3 rings (SSSR count). The zero-order valence-corrected chi connectivity index (χ0v) is 11.6. The number of hydrogen-bond acceptors (Lipinski definition) is 4. The summed E-state index contributed by atoms with van der Waals surface area (Å²) >= 11 is 0. The van der Waals surface area contributed by atoms with Crippen LogP contribution < -0.4 is 15.4 Å². The number of phenols is 1. The molecule has 21 heavy (non-hydrogen) atoms. The molecule has 5 heteroatoms. The summed E-state index contributed by atoms with van der Waals surface area (Å²) in [5.74, 6) is 0.813. The van der Waals surface area contributed by atoms with Gasteiger partial charge in [0.1, 0.15) is 11.5 Å². The van der Waals surface area contributed by atoms with Crippen LogP contribution in [0.2, 0.25) is 0 Å². The first-order valence-corrected chi connectivity index (χ1v) is 6.71. The molecule has 0 atom stereocenters. The fourth-order valence-electron chi connectivity index (χ4n) is 2.28. The molecule has 2 aromatic carbocycles. The summed E-state index contributed by atoms with van der Waals surface area (Å²) in [5.41, 5.74) is 3.68. The van der Waals surface area contributed by atoms with Crippen molar-refractivity contribution in [1.82, 2.24) is 0 Å². The van der Waals surface area contributed by atoms with Gasteiger partial charge in [0.25, 0.3) is 5.91 Å². The second kappa shape index (κ2) is 5.36. The average molecular weight is 284 g/mol. The molecule has 2 aromatic rings. The van der Waals surface area contributed by atoms with E-state index in [-0.39, 0.29) is 18.3 Å². The minimum absolute atomic E-state index is 0.0668. The van der Waals surface area contributed by atoms with E-state index in [2.05, 4.69) is 10.6 Å². The smallest absolute Gasteiger partial charge is 0.262 e. The third-order valence-corrected chi connectivity index (χ3v) is 3.37. The maximum atomic E-state index is 11.3. The number of phenolic OH excluding ortho intramolecular Hbond substituents is 1. The summed E-state index contributed by atoms with van der Waals surface area (Å²) in [5, 5.41) is 15.5. The number of fused-ring (bicyclic) bond motifs is 1. The van der Waals surface area contributed by atoms with Crippen molar-refractivity contribution in [3.63, 3.8) is 0 Å². The van der Waals surface area contributed by atoms with Crippen molar-refractivity contribution >= 4 is 17.3 Å². The van der Waals surface area contributed by atoms with Crippen LogP contribution >= 0.6 is 0 Å². The highest BCUT2D eigenvalue weighted by Crippen LogP contribution is 2.29. The molecular weight excluding hydrogens is 268 g/mol. The van der Waals surface area contributed by atoms with Gasteiger partial charge in [0.2, 0.25) is 0 Å². The predicted molar refractivity (Wildman–Crippen MR) is 80.7 cm³/mol. The Labute approximate surface area is 122 Å². The summed E-state index contributed by atoms with van der Waals surface area (Å²) in [6, 6.07) is 10.9. The van der Waals surface area contributed by atoms with Crippen LogP contribution in [0.5, 0.6) is 11.5 Å². The van der Waals surface area contributed by atoms with E-state index in [4.69, 9.17) is 4.74 Å². The molecule has 0 unspecified atom stereocenters. The van der Waals surface area contributed by atoms with E-state index in [1.165, 1.54) is 0 Å². The number of anilines is 2. The third kappa shape index (κ3) is 2.91. The second-order valence-corrected chi connectivity index (χ2v) is 5.02. The van der Waals surface area contributed by atoms with Gasteiger partial charge < -0.3 is 20.5 Å². The van der Waals surface area contributed by atoms with Gasteiger partial charge in [0.05, 0.1) is 5.69 Å². The number of carbonyl (C=O) groups excluding carboxylic acids is 1. The number of rotatable bonds is 3. The number of hydrogen-bond donors (Lipinski definition) is 3. The molecule has 0 saturated carbocycles. The van der Waals surface area contributed by atoms with Crippen LogP contribution in [0.15, 0.2) is 36.4 Å². The number of aromatic hydroxyl groups is 1. The largest absolute Gasteiger partial charge is 0.508 e. The number of ether oxygens (including phenoxy) is 1. The second-order valence-electron chi connectivity index (χ2n) is 5.02. The lowest BCUT2D eigenvalue weighted by atomic mass is 10.1. The molecule has 3 N–H and O–H groups in total. The van der Waals surface area contributed by atoms with Crippen molar-refractivity contribution in [3.8, 4) is 11.5 Å². The number of benzene rings is 2. The molecular formula is C16H16N2O3. The monoisotopic (exact) mass is 284 g/mol. The summed E-state index contributed by atoms with van der Waals surface area (Å²) in [6.07, 6.45) is 0. The van der Waals surface area contributed by atoms with E-state index in [0.717, 1.165) is 16.8 Å². The van der Waals surface area contributed by atoms with Crippen LogP contribution in [-0.4, -0.2) is 17.6 Å². The summed E-state index contributed by atoms with van der Waals surface area (Å²) in [7, 11) is 0. The van der Waals surface area contributed by atoms with Crippen LogP contribution in [-0.2, 0) is 11.3 Å². The first kappa shape index (κ1) is 13.3. The summed E-state index contributed by atoms with van der Waals surface area (Å²) in [6.45, 7) is 2.62. The van der Waals surface area contributed by atoms with Gasteiger partial charge in [-0.25, -0.2) is 0 Å². The minimum Gasteiger partial charge on any atom is -0.508 e. The van der Waals surface area contributed by atoms with Crippen molar-refractivity contribution in [3.05, 3.63) is 47.5 Å². The van der Waals surface area contributed by atoms with Gasteiger partial charge in [-0.15, -0.1) is 0 Å². The fraction of sp³-hybridized carbons (Fsp3) is 0.188. The standard InChI is InChI=1S/C16H16N2O3/c1-10-6-12(19)3-4-13(10)17-8-11-2-5-15-14(7-11)18-16(20)9-21-15/h2-7,17,19H,8-9H2,1H3,(H,18,20). The lowest BCUT2D eigenvalue weighted by Crippen LogP contribution is -2.25. The van der Waals surface area contributed by atoms with Gasteiger partial charge in [-0.2, -0.15) is 0 Å². The Morgan fingerprint density at radius 2 is 2.14 bits per heavy atom. The van der Waals surface area contributed by atoms with Gasteiger partial charge >= 0.3 is 0 Å². The SMILES string of the molecule is Cc1cc(O)ccc1NCc1ccc2c(c1)NC(=O)CO2. The molecule has 0 aliphatic carbocycles. The summed E-state index contributed by atoms with van der Waals surface area (Å²) in [4.78, 5) is 11.3. The van der Waals surface area contributed by atoms with Crippen molar-refractivity contribution in [2.75, 3.05) is 17.2 Å². The van der Waals surface area contributed by atoms with E-state index in [0.29, 0.717) is 18.0 Å². The van der Waals surface area contributed by atoms with Crippen LogP contribution in [0.25, 0.3) is 0 Å². The molecule has 1 aliphatic rings. The van der Waals surface area contributed by atoms with Crippen LogP contribution in [0.4, 0.5) is 11.4 Å². The first-order valence-electron chi connectivity index (χ1n) is 6.71. The quantitative estimate of drug-likeness (QED) is 0.758. The third-order valence-electron chi connectivity index (χ3n) is 3.37. The Bertz CT molecular complexity index is 698. The first-order chi connectivity index (χ1) is 10.1. The number of amides is 1. The Kier molecular flexibility index (Phi) is 3.39. The molecule has 1 amide bonds. The van der Waals surface area contributed by atoms with Crippen LogP contribution in [0.3, 0.4) is 0 Å². The van der Waals surface area contributed by atoms with Crippen LogP contribution in [0.1, 0.15) is 11.1 Å². The van der Waals surface area contributed by atoms with E-state index in [1.54, 1.807) is 12.1 Å². The molecule has 5 nitrogen and oxygen atoms in total. The Balaban J connectivity index is 1.73. The van der Waals surface area contributed by atoms with E-state index < -0.39 is 0 Å². The van der Waals surface area contributed by atoms with E-state index in [1.807, 2.05) is 31.2 Å². The molecule has 0 aromatic heterocycles. The fourth-order valence-corrected chi connectivity index (χ4v) is 2.28. The van der Waals surface area contributed by atoms with Crippen molar-refractivity contribution in [2.45, 2.75) is 13.5 Å². The minimum atomic E-state index is -0.137. The molecule has 0 saturated heterocycles. The number of nitrogens with one attached hydrogen (secondary N) is 2.